The summed E-state index contributed by atoms with van der Waals surface area (Å²) >= 11 is 0. The number of aromatic nitrogens is 1. The highest BCUT2D eigenvalue weighted by Crippen LogP contribution is 2.11. The molecule has 1 heterocycles. The van der Waals surface area contributed by atoms with Crippen molar-refractivity contribution in [3.05, 3.63) is 17.3 Å². The van der Waals surface area contributed by atoms with Gasteiger partial charge in [-0.2, -0.15) is 0 Å². The minimum Gasteiger partial charge on any atom is -0.444 e. The van der Waals surface area contributed by atoms with E-state index in [1.54, 1.807) is 0 Å². The zero-order valence-corrected chi connectivity index (χ0v) is 11.9. The monoisotopic (exact) mass is 239 g/mol. The molecule has 0 bridgehead atoms. The van der Waals surface area contributed by atoms with Gasteiger partial charge in [0, 0.05) is 25.6 Å². The normalized spacial score (nSPS) is 12.4. The number of nitrogens with zero attached hydrogens (tertiary/aromatic N) is 2. The van der Waals surface area contributed by atoms with Gasteiger partial charge in [0.25, 0.3) is 0 Å². The molecule has 17 heavy (non-hydrogen) atoms. The average Bonchev–Trinajstić information content (AvgIpc) is 2.42. The largest absolute Gasteiger partial charge is 0.444 e. The molecule has 4 heteroatoms. The summed E-state index contributed by atoms with van der Waals surface area (Å²) in [6.07, 6.45) is 0. The van der Waals surface area contributed by atoms with Gasteiger partial charge in [-0.1, -0.05) is 0 Å². The van der Waals surface area contributed by atoms with Gasteiger partial charge in [-0.3, -0.25) is 4.90 Å². The van der Waals surface area contributed by atoms with Crippen molar-refractivity contribution in [2.24, 2.45) is 0 Å². The molecule has 1 rings (SSSR count). The van der Waals surface area contributed by atoms with Gasteiger partial charge in [0.1, 0.15) is 5.76 Å². The highest BCUT2D eigenvalue weighted by atomic mass is 16.4. The maximum Gasteiger partial charge on any atom is 0.191 e. The molecule has 0 saturated carbocycles. The quantitative estimate of drug-likeness (QED) is 0.854. The molecule has 1 aromatic heterocycles. The summed E-state index contributed by atoms with van der Waals surface area (Å²) in [4.78, 5) is 6.52. The summed E-state index contributed by atoms with van der Waals surface area (Å²) in [7, 11) is 2.10. The maximum absolute atomic E-state index is 5.56. The van der Waals surface area contributed by atoms with E-state index in [2.05, 4.69) is 43.0 Å². The van der Waals surface area contributed by atoms with E-state index in [0.29, 0.717) is 0 Å². The molecule has 0 fully saturated rings. The van der Waals surface area contributed by atoms with E-state index in [9.17, 15) is 0 Å². The molecule has 0 saturated heterocycles. The summed E-state index contributed by atoms with van der Waals surface area (Å²) in [5.74, 6) is 1.72. The number of aryl methyl sites for hydroxylation is 2. The Bertz CT molecular complexity index is 352. The van der Waals surface area contributed by atoms with Crippen LogP contribution in [0, 0.1) is 13.8 Å². The van der Waals surface area contributed by atoms with Crippen LogP contribution < -0.4 is 5.32 Å². The number of hydrogen-bond acceptors (Lipinski definition) is 4. The first-order valence-electron chi connectivity index (χ1n) is 6.14. The van der Waals surface area contributed by atoms with Crippen molar-refractivity contribution in [3.8, 4) is 0 Å². The number of hydrogen-bond donors (Lipinski definition) is 1. The zero-order valence-electron chi connectivity index (χ0n) is 11.9. The van der Waals surface area contributed by atoms with Crippen LogP contribution in [0.4, 0.5) is 0 Å². The fraction of sp³-hybridized carbons (Fsp3) is 0.769. The Morgan fingerprint density at radius 3 is 2.41 bits per heavy atom. The Kier molecular flexibility index (Phi) is 4.71. The number of likely N-dealkylation sites (N-methyl/N-ethyl adjacent to an activating group) is 1. The van der Waals surface area contributed by atoms with Crippen molar-refractivity contribution >= 4 is 0 Å². The Labute approximate surface area is 104 Å². The molecule has 0 radical (unpaired) electrons. The Hall–Kier alpha value is -0.870. The van der Waals surface area contributed by atoms with Gasteiger partial charge in [-0.05, 0) is 34.7 Å². The summed E-state index contributed by atoms with van der Waals surface area (Å²) < 4.78 is 5.56. The number of nitrogens with one attached hydrogen (secondary N) is 1. The van der Waals surface area contributed by atoms with E-state index >= 15 is 0 Å². The first-order valence-corrected chi connectivity index (χ1v) is 6.14. The van der Waals surface area contributed by atoms with Crippen molar-refractivity contribution in [1.29, 1.82) is 0 Å². The maximum atomic E-state index is 5.56. The first kappa shape index (κ1) is 14.2. The fourth-order valence-electron chi connectivity index (χ4n) is 1.67. The summed E-state index contributed by atoms with van der Waals surface area (Å²) in [5.41, 5.74) is 1.18. The lowest BCUT2D eigenvalue weighted by Gasteiger charge is -2.23. The van der Waals surface area contributed by atoms with Gasteiger partial charge in [0.2, 0.25) is 0 Å². The summed E-state index contributed by atoms with van der Waals surface area (Å²) in [5, 5.41) is 3.47. The van der Waals surface area contributed by atoms with Gasteiger partial charge in [0.15, 0.2) is 5.89 Å². The van der Waals surface area contributed by atoms with E-state index in [4.69, 9.17) is 4.42 Å². The predicted molar refractivity (Wildman–Crippen MR) is 70.1 cm³/mol. The van der Waals surface area contributed by atoms with Crippen molar-refractivity contribution in [2.75, 3.05) is 20.1 Å². The van der Waals surface area contributed by atoms with Gasteiger partial charge in [-0.25, -0.2) is 4.98 Å². The van der Waals surface area contributed by atoms with Crippen LogP contribution >= 0.6 is 0 Å². The van der Waals surface area contributed by atoms with Crippen LogP contribution in [0.25, 0.3) is 0 Å². The van der Waals surface area contributed by atoms with Crippen LogP contribution in [0.1, 0.15) is 38.1 Å². The van der Waals surface area contributed by atoms with Crippen molar-refractivity contribution in [3.63, 3.8) is 0 Å². The molecule has 1 N–H and O–H groups in total. The van der Waals surface area contributed by atoms with E-state index in [1.165, 1.54) is 0 Å². The zero-order chi connectivity index (χ0) is 13.1. The Balaban J connectivity index is 2.35. The summed E-state index contributed by atoms with van der Waals surface area (Å²) in [6.45, 7) is 13.2. The molecule has 0 aliphatic carbocycles. The minimum absolute atomic E-state index is 0.180. The van der Waals surface area contributed by atoms with E-state index < -0.39 is 0 Å². The second kappa shape index (κ2) is 5.65. The highest BCUT2D eigenvalue weighted by molar-refractivity contribution is 5.06. The SMILES string of the molecule is Cc1nc(C)c(CN(C)CCNC(C)(C)C)o1. The summed E-state index contributed by atoms with van der Waals surface area (Å²) in [6, 6.07) is 0. The lowest BCUT2D eigenvalue weighted by Crippen LogP contribution is -2.40. The molecule has 0 aliphatic rings. The topological polar surface area (TPSA) is 41.3 Å². The molecule has 0 aliphatic heterocycles. The van der Waals surface area contributed by atoms with Crippen molar-refractivity contribution in [1.82, 2.24) is 15.2 Å². The van der Waals surface area contributed by atoms with Gasteiger partial charge in [-0.15, -0.1) is 0 Å². The predicted octanol–water partition coefficient (Wildman–Crippen LogP) is 2.11. The molecular weight excluding hydrogens is 214 g/mol. The van der Waals surface area contributed by atoms with Crippen LogP contribution in [-0.4, -0.2) is 35.6 Å². The third-order valence-electron chi connectivity index (χ3n) is 2.56. The average molecular weight is 239 g/mol. The molecule has 1 aromatic rings. The molecule has 0 amide bonds. The van der Waals surface area contributed by atoms with Gasteiger partial charge in [0.05, 0.1) is 12.2 Å². The Morgan fingerprint density at radius 1 is 1.29 bits per heavy atom. The van der Waals surface area contributed by atoms with E-state index in [0.717, 1.165) is 37.0 Å². The first-order chi connectivity index (χ1) is 7.78. The molecule has 4 nitrogen and oxygen atoms in total. The standard InChI is InChI=1S/C13H25N3O/c1-10-12(17-11(2)15-10)9-16(6)8-7-14-13(3,4)5/h14H,7-9H2,1-6H3. The molecule has 0 atom stereocenters. The smallest absolute Gasteiger partial charge is 0.191 e. The van der Waals surface area contributed by atoms with Crippen LogP contribution in [0.3, 0.4) is 0 Å². The van der Waals surface area contributed by atoms with Crippen LogP contribution in [0.5, 0.6) is 0 Å². The molecular formula is C13H25N3O. The Morgan fingerprint density at radius 2 is 1.94 bits per heavy atom. The highest BCUT2D eigenvalue weighted by Gasteiger charge is 2.11. The molecule has 0 spiro atoms. The van der Waals surface area contributed by atoms with E-state index in [-0.39, 0.29) is 5.54 Å². The second-order valence-electron chi connectivity index (χ2n) is 5.66. The number of oxazole rings is 1. The number of rotatable bonds is 5. The van der Waals surface area contributed by atoms with Crippen molar-refractivity contribution in [2.45, 2.75) is 46.7 Å². The molecule has 98 valence electrons. The lowest BCUT2D eigenvalue weighted by molar-refractivity contribution is 0.277. The molecule has 0 aromatic carbocycles. The molecule has 0 unspecified atom stereocenters. The van der Waals surface area contributed by atoms with Crippen LogP contribution in [-0.2, 0) is 6.54 Å². The fourth-order valence-corrected chi connectivity index (χ4v) is 1.67. The third kappa shape index (κ3) is 5.33. The van der Waals surface area contributed by atoms with Gasteiger partial charge >= 0.3 is 0 Å². The van der Waals surface area contributed by atoms with Crippen molar-refractivity contribution < 1.29 is 4.42 Å². The second-order valence-corrected chi connectivity index (χ2v) is 5.66. The lowest BCUT2D eigenvalue weighted by atomic mass is 10.1. The third-order valence-corrected chi connectivity index (χ3v) is 2.56. The van der Waals surface area contributed by atoms with Crippen LogP contribution in [0.15, 0.2) is 4.42 Å². The van der Waals surface area contributed by atoms with Gasteiger partial charge < -0.3 is 9.73 Å². The van der Waals surface area contributed by atoms with Crippen LogP contribution in [0.2, 0.25) is 0 Å². The van der Waals surface area contributed by atoms with E-state index in [1.807, 2.05) is 13.8 Å². The minimum atomic E-state index is 0.180.